The lowest BCUT2D eigenvalue weighted by Crippen LogP contribution is -2.45. The molecule has 0 aliphatic carbocycles. The molecular weight excluding hydrogens is 264 g/mol. The second-order valence-electron chi connectivity index (χ2n) is 5.45. The summed E-state index contributed by atoms with van der Waals surface area (Å²) >= 11 is 0. The van der Waals surface area contributed by atoms with Gasteiger partial charge in [-0.05, 0) is 25.5 Å². The topological polar surface area (TPSA) is 78.7 Å². The third-order valence-electron chi connectivity index (χ3n) is 3.01. The van der Waals surface area contributed by atoms with Gasteiger partial charge in [0.1, 0.15) is 12.0 Å². The van der Waals surface area contributed by atoms with Gasteiger partial charge >= 0.3 is 0 Å². The number of carbonyl (C=O) groups is 1. The molecule has 2 aromatic rings. The summed E-state index contributed by atoms with van der Waals surface area (Å²) in [5.74, 6) is -0.261. The van der Waals surface area contributed by atoms with E-state index in [4.69, 9.17) is 5.41 Å². The summed E-state index contributed by atoms with van der Waals surface area (Å²) in [4.78, 5) is 19.8. The molecule has 1 amide bonds. The van der Waals surface area contributed by atoms with Crippen LogP contribution in [0.5, 0.6) is 0 Å². The van der Waals surface area contributed by atoms with Crippen LogP contribution in [0.3, 0.4) is 0 Å². The van der Waals surface area contributed by atoms with E-state index in [0.29, 0.717) is 17.8 Å². The highest BCUT2D eigenvalue weighted by molar-refractivity contribution is 5.99. The van der Waals surface area contributed by atoms with Crippen molar-refractivity contribution in [1.82, 2.24) is 15.3 Å². The minimum atomic E-state index is -0.533. The molecule has 0 unspecified atom stereocenters. The summed E-state index contributed by atoms with van der Waals surface area (Å²) in [6, 6.07) is 11.1. The van der Waals surface area contributed by atoms with Gasteiger partial charge in [0.15, 0.2) is 0 Å². The van der Waals surface area contributed by atoms with Gasteiger partial charge in [-0.15, -0.1) is 0 Å². The minimum Gasteiger partial charge on any atom is -0.345 e. The lowest BCUT2D eigenvalue weighted by Gasteiger charge is -2.26. The Labute approximate surface area is 124 Å². The Morgan fingerprint density at radius 1 is 1.24 bits per heavy atom. The molecule has 0 aliphatic heterocycles. The Bertz CT molecular complexity index is 568. The Balaban J connectivity index is 2.02. The third kappa shape index (κ3) is 4.21. The quantitative estimate of drug-likeness (QED) is 0.827. The summed E-state index contributed by atoms with van der Waals surface area (Å²) in [7, 11) is 0. The van der Waals surface area contributed by atoms with Crippen molar-refractivity contribution in [3.8, 4) is 0 Å². The highest BCUT2D eigenvalue weighted by Crippen LogP contribution is 2.14. The number of nitrogens with one attached hydrogen (secondary N) is 2. The molecule has 2 rings (SSSR count). The molecule has 0 saturated heterocycles. The molecule has 0 radical (unpaired) electrons. The fourth-order valence-corrected chi connectivity index (χ4v) is 2.02. The van der Waals surface area contributed by atoms with Crippen molar-refractivity contribution in [2.75, 3.05) is 0 Å². The van der Waals surface area contributed by atoms with Crippen molar-refractivity contribution in [3.63, 3.8) is 0 Å². The fraction of sp³-hybridized carbons (Fsp3) is 0.250. The predicted molar refractivity (Wildman–Crippen MR) is 81.5 cm³/mol. The van der Waals surface area contributed by atoms with E-state index in [2.05, 4.69) is 15.3 Å². The fourth-order valence-electron chi connectivity index (χ4n) is 2.02. The van der Waals surface area contributed by atoms with Crippen molar-refractivity contribution in [2.24, 2.45) is 0 Å². The van der Waals surface area contributed by atoms with Gasteiger partial charge in [0.25, 0.3) is 5.91 Å². The van der Waals surface area contributed by atoms with E-state index in [1.165, 1.54) is 12.5 Å². The van der Waals surface area contributed by atoms with Crippen LogP contribution >= 0.6 is 0 Å². The highest BCUT2D eigenvalue weighted by atomic mass is 16.2. The summed E-state index contributed by atoms with van der Waals surface area (Å²) in [6.07, 6.45) is 3.31. The average Bonchev–Trinajstić information content (AvgIpc) is 2.48. The molecule has 0 aliphatic rings. The Hall–Kier alpha value is -2.56. The normalized spacial score (nSPS) is 11.0. The van der Waals surface area contributed by atoms with Crippen LogP contribution < -0.4 is 5.32 Å². The van der Waals surface area contributed by atoms with Crippen molar-refractivity contribution < 1.29 is 4.79 Å². The number of amides is 1. The Morgan fingerprint density at radius 2 is 1.95 bits per heavy atom. The van der Waals surface area contributed by atoms with Gasteiger partial charge < -0.3 is 10.7 Å². The third-order valence-corrected chi connectivity index (χ3v) is 3.01. The second kappa shape index (κ2) is 6.26. The maximum absolute atomic E-state index is 12.1. The minimum absolute atomic E-state index is 0.261. The molecular formula is C16H18N4O. The molecule has 1 aromatic heterocycles. The van der Waals surface area contributed by atoms with Crippen LogP contribution in [0.15, 0.2) is 48.9 Å². The molecule has 5 nitrogen and oxygen atoms in total. The standard InChI is InChI=1S/C16H18N4O/c1-16(2,10-13(17)12-6-4-3-5-7-12)20-15(21)14-8-9-18-11-19-14/h3-9,11,17H,10H2,1-2H3,(H,20,21). The van der Waals surface area contributed by atoms with Gasteiger partial charge in [-0.1, -0.05) is 30.3 Å². The summed E-state index contributed by atoms with van der Waals surface area (Å²) in [5.41, 5.74) is 1.14. The first-order valence-electron chi connectivity index (χ1n) is 6.69. The van der Waals surface area contributed by atoms with E-state index in [0.717, 1.165) is 5.56 Å². The van der Waals surface area contributed by atoms with E-state index in [9.17, 15) is 4.79 Å². The van der Waals surface area contributed by atoms with Gasteiger partial charge in [-0.25, -0.2) is 9.97 Å². The van der Waals surface area contributed by atoms with Crippen LogP contribution in [-0.4, -0.2) is 27.1 Å². The van der Waals surface area contributed by atoms with E-state index < -0.39 is 5.54 Å². The van der Waals surface area contributed by atoms with Crippen LogP contribution in [0.4, 0.5) is 0 Å². The molecule has 1 heterocycles. The summed E-state index contributed by atoms with van der Waals surface area (Å²) in [6.45, 7) is 3.78. The smallest absolute Gasteiger partial charge is 0.270 e. The molecule has 5 heteroatoms. The number of hydrogen-bond donors (Lipinski definition) is 2. The van der Waals surface area contributed by atoms with Crippen LogP contribution in [0, 0.1) is 5.41 Å². The van der Waals surface area contributed by atoms with Crippen LogP contribution in [0.25, 0.3) is 0 Å². The lowest BCUT2D eigenvalue weighted by molar-refractivity contribution is 0.0910. The highest BCUT2D eigenvalue weighted by Gasteiger charge is 2.24. The zero-order valence-corrected chi connectivity index (χ0v) is 12.1. The van der Waals surface area contributed by atoms with Crippen molar-refractivity contribution >= 4 is 11.6 Å². The average molecular weight is 282 g/mol. The number of rotatable bonds is 5. The van der Waals surface area contributed by atoms with E-state index >= 15 is 0 Å². The summed E-state index contributed by atoms with van der Waals surface area (Å²) in [5, 5.41) is 11.1. The van der Waals surface area contributed by atoms with E-state index in [-0.39, 0.29) is 5.91 Å². The first kappa shape index (κ1) is 14.8. The molecule has 0 atom stereocenters. The van der Waals surface area contributed by atoms with Crippen molar-refractivity contribution in [1.29, 1.82) is 5.41 Å². The number of carbonyl (C=O) groups excluding carboxylic acids is 1. The molecule has 0 fully saturated rings. The number of aromatic nitrogens is 2. The van der Waals surface area contributed by atoms with Gasteiger partial charge in [0, 0.05) is 23.9 Å². The van der Waals surface area contributed by atoms with Crippen molar-refractivity contribution in [2.45, 2.75) is 25.8 Å². The molecule has 2 N–H and O–H groups in total. The number of nitrogens with zero attached hydrogens (tertiary/aromatic N) is 2. The van der Waals surface area contributed by atoms with E-state index in [1.807, 2.05) is 44.2 Å². The number of hydrogen-bond acceptors (Lipinski definition) is 4. The predicted octanol–water partition coefficient (Wildman–Crippen LogP) is 2.44. The summed E-state index contributed by atoms with van der Waals surface area (Å²) < 4.78 is 0. The van der Waals surface area contributed by atoms with Gasteiger partial charge in [-0.3, -0.25) is 4.79 Å². The zero-order chi connectivity index (χ0) is 15.3. The van der Waals surface area contributed by atoms with Gasteiger partial charge in [0.05, 0.1) is 0 Å². The largest absolute Gasteiger partial charge is 0.345 e. The zero-order valence-electron chi connectivity index (χ0n) is 12.1. The Morgan fingerprint density at radius 3 is 2.57 bits per heavy atom. The lowest BCUT2D eigenvalue weighted by atomic mass is 9.93. The molecule has 0 spiro atoms. The maximum atomic E-state index is 12.1. The van der Waals surface area contributed by atoms with Crippen LogP contribution in [-0.2, 0) is 0 Å². The maximum Gasteiger partial charge on any atom is 0.270 e. The molecule has 21 heavy (non-hydrogen) atoms. The SMILES string of the molecule is CC(C)(CC(=N)c1ccccc1)NC(=O)c1ccncn1. The molecule has 0 saturated carbocycles. The first-order chi connectivity index (χ1) is 9.98. The van der Waals surface area contributed by atoms with Gasteiger partial charge in [0.2, 0.25) is 0 Å². The molecule has 0 bridgehead atoms. The molecule has 108 valence electrons. The first-order valence-corrected chi connectivity index (χ1v) is 6.69. The van der Waals surface area contributed by atoms with Crippen molar-refractivity contribution in [3.05, 3.63) is 60.2 Å². The molecule has 1 aromatic carbocycles. The van der Waals surface area contributed by atoms with Crippen LogP contribution in [0.2, 0.25) is 0 Å². The second-order valence-corrected chi connectivity index (χ2v) is 5.45. The monoisotopic (exact) mass is 282 g/mol. The Kier molecular flexibility index (Phi) is 4.42. The van der Waals surface area contributed by atoms with Crippen LogP contribution in [0.1, 0.15) is 36.3 Å². The van der Waals surface area contributed by atoms with Gasteiger partial charge in [-0.2, -0.15) is 0 Å². The van der Waals surface area contributed by atoms with E-state index in [1.54, 1.807) is 6.07 Å². The number of benzene rings is 1.